The van der Waals surface area contributed by atoms with E-state index in [9.17, 15) is 61.0 Å². The maximum atomic E-state index is 13.4. The van der Waals surface area contributed by atoms with Gasteiger partial charge in [-0.05, 0) is 77.0 Å². The van der Waals surface area contributed by atoms with Gasteiger partial charge in [0.05, 0.1) is 38.6 Å². The first kappa shape index (κ1) is 80.2. The van der Waals surface area contributed by atoms with Gasteiger partial charge in [0.2, 0.25) is 5.91 Å². The molecule has 0 spiro atoms. The summed E-state index contributed by atoms with van der Waals surface area (Å²) in [6.45, 7) is 1.57. The summed E-state index contributed by atoms with van der Waals surface area (Å²) in [6.07, 6.45) is 38.5. The first-order valence-corrected chi connectivity index (χ1v) is 34.3. The van der Waals surface area contributed by atoms with Gasteiger partial charge in [0, 0.05) is 6.42 Å². The van der Waals surface area contributed by atoms with Crippen molar-refractivity contribution in [3.63, 3.8) is 0 Å². The van der Waals surface area contributed by atoms with Crippen molar-refractivity contribution in [1.29, 1.82) is 0 Å². The molecule has 17 atom stereocenters. The van der Waals surface area contributed by atoms with Gasteiger partial charge in [0.1, 0.15) is 73.2 Å². The summed E-state index contributed by atoms with van der Waals surface area (Å²) in [5, 5.41) is 120. The smallest absolute Gasteiger partial charge is 0.220 e. The summed E-state index contributed by atoms with van der Waals surface area (Å²) < 4.78 is 34.3. The molecule has 1 amide bonds. The molecule has 514 valence electrons. The van der Waals surface area contributed by atoms with Crippen LogP contribution in [-0.2, 0) is 33.2 Å². The SMILES string of the molecule is CC/C=C\C/C=C\C/C=C\C/C=C\C/C=C\CCCCCC(=O)NC(COC1OC(CO)C(OC2OC(CO)C(OC3OC(CO)C(O)C(O)C3O)C(O)C2O)C(O)C1O)C(O)/C=C/CC/C=C/CCCCCCCCCCCCCCCCCCCCC. The lowest BCUT2D eigenvalue weighted by Crippen LogP contribution is -2.66. The maximum absolute atomic E-state index is 13.4. The van der Waals surface area contributed by atoms with Crippen LogP contribution in [0.25, 0.3) is 0 Å². The Morgan fingerprint density at radius 3 is 1.26 bits per heavy atom. The molecule has 12 N–H and O–H groups in total. The first-order valence-electron chi connectivity index (χ1n) is 34.3. The van der Waals surface area contributed by atoms with Gasteiger partial charge >= 0.3 is 0 Å². The number of carbonyl (C=O) groups excluding carboxylic acids is 1. The number of nitrogens with one attached hydrogen (secondary N) is 1. The van der Waals surface area contributed by atoms with Crippen LogP contribution in [0.4, 0.5) is 0 Å². The molecule has 19 heteroatoms. The van der Waals surface area contributed by atoms with Gasteiger partial charge in [-0.25, -0.2) is 0 Å². The monoisotopic (exact) mass is 1260 g/mol. The number of hydrogen-bond donors (Lipinski definition) is 12. The van der Waals surface area contributed by atoms with Crippen LogP contribution >= 0.6 is 0 Å². The van der Waals surface area contributed by atoms with Gasteiger partial charge in [-0.2, -0.15) is 0 Å². The number of rotatable bonds is 51. The topological polar surface area (TPSA) is 307 Å². The number of aliphatic hydroxyl groups is 11. The summed E-state index contributed by atoms with van der Waals surface area (Å²) in [4.78, 5) is 13.4. The van der Waals surface area contributed by atoms with Crippen molar-refractivity contribution in [3.05, 3.63) is 85.1 Å². The molecule has 0 aromatic carbocycles. The van der Waals surface area contributed by atoms with Crippen molar-refractivity contribution in [3.8, 4) is 0 Å². The number of ether oxygens (including phenoxy) is 6. The Bertz CT molecular complexity index is 1940. The zero-order valence-electron chi connectivity index (χ0n) is 54.1. The van der Waals surface area contributed by atoms with Gasteiger partial charge < -0.3 is 89.9 Å². The summed E-state index contributed by atoms with van der Waals surface area (Å²) in [6, 6.07) is -1.01. The van der Waals surface area contributed by atoms with E-state index in [1.54, 1.807) is 6.08 Å². The van der Waals surface area contributed by atoms with Crippen LogP contribution in [0.15, 0.2) is 85.1 Å². The average molecular weight is 1260 g/mol. The van der Waals surface area contributed by atoms with Crippen molar-refractivity contribution in [1.82, 2.24) is 5.32 Å². The lowest BCUT2D eigenvalue weighted by Gasteiger charge is -2.48. The molecule has 3 saturated heterocycles. The minimum Gasteiger partial charge on any atom is -0.394 e. The van der Waals surface area contributed by atoms with E-state index < -0.39 is 124 Å². The van der Waals surface area contributed by atoms with Crippen LogP contribution in [0.5, 0.6) is 0 Å². The van der Waals surface area contributed by atoms with E-state index in [0.29, 0.717) is 12.8 Å². The van der Waals surface area contributed by atoms with Crippen molar-refractivity contribution in [2.24, 2.45) is 0 Å². The van der Waals surface area contributed by atoms with E-state index >= 15 is 0 Å². The van der Waals surface area contributed by atoms with Gasteiger partial charge in [-0.1, -0.05) is 221 Å². The molecular formula is C70H121NO18. The van der Waals surface area contributed by atoms with Gasteiger partial charge in [-0.15, -0.1) is 0 Å². The quantitative estimate of drug-likeness (QED) is 0.0200. The fraction of sp³-hybridized carbons (Fsp3) is 0.786. The normalized spacial score (nSPS) is 28.8. The maximum Gasteiger partial charge on any atom is 0.220 e. The average Bonchev–Trinajstić information content (AvgIpc) is 2.46. The third-order valence-corrected chi connectivity index (χ3v) is 16.7. The number of carbonyl (C=O) groups is 1. The van der Waals surface area contributed by atoms with E-state index in [1.165, 1.54) is 116 Å². The second kappa shape index (κ2) is 51.4. The zero-order chi connectivity index (χ0) is 64.7. The molecular weight excluding hydrogens is 1140 g/mol. The van der Waals surface area contributed by atoms with Crippen molar-refractivity contribution in [2.75, 3.05) is 26.4 Å². The van der Waals surface area contributed by atoms with Gasteiger partial charge in [0.25, 0.3) is 0 Å². The second-order valence-electron chi connectivity index (χ2n) is 24.2. The minimum atomic E-state index is -1.99. The van der Waals surface area contributed by atoms with Crippen LogP contribution in [0.1, 0.15) is 219 Å². The number of hydrogen-bond acceptors (Lipinski definition) is 18. The Morgan fingerprint density at radius 1 is 0.416 bits per heavy atom. The molecule has 3 fully saturated rings. The molecule has 0 radical (unpaired) electrons. The third kappa shape index (κ3) is 33.6. The van der Waals surface area contributed by atoms with Crippen molar-refractivity contribution in [2.45, 2.75) is 324 Å². The Morgan fingerprint density at radius 2 is 0.787 bits per heavy atom. The van der Waals surface area contributed by atoms with E-state index in [1.807, 2.05) is 6.08 Å². The Labute approximate surface area is 533 Å². The lowest BCUT2D eigenvalue weighted by atomic mass is 9.96. The molecule has 3 rings (SSSR count). The standard InChI is InChI=1S/C70H121NO18/c1-3-5-7-9-11-13-15-17-19-21-23-24-25-26-27-28-30-31-33-35-37-39-41-43-45-47-54(75)53(71-58(76)48-46-44-42-40-38-36-34-32-29-22-20-18-16-14-12-10-8-6-4-2)52-84-68-64(82)61(79)66(56(50-73)86-68)89-70-65(83)62(80)67(57(51-74)87-70)88-69-63(81)60(78)59(77)55(49-72)85-69/h6,8,12,14,18,20,29,32,36-39,45,47,53-57,59-70,72-75,77-83H,3-5,7,9-11,13,15-17,19,21-28,30-31,33-35,40-44,46,48-52H2,1-2H3,(H,71,76)/b8-6-,14-12-,20-18-,32-29-,38-36-,39-37+,47-45+. The minimum absolute atomic E-state index is 0.192. The number of aliphatic hydroxyl groups excluding tert-OH is 11. The van der Waals surface area contributed by atoms with Crippen LogP contribution in [0.3, 0.4) is 0 Å². The molecule has 3 aliphatic rings. The number of amides is 1. The highest BCUT2D eigenvalue weighted by Crippen LogP contribution is 2.33. The summed E-state index contributed by atoms with van der Waals surface area (Å²) in [5.74, 6) is -0.319. The summed E-state index contributed by atoms with van der Waals surface area (Å²) in [7, 11) is 0. The fourth-order valence-corrected chi connectivity index (χ4v) is 11.1. The van der Waals surface area contributed by atoms with E-state index in [4.69, 9.17) is 28.4 Å². The second-order valence-corrected chi connectivity index (χ2v) is 24.2. The third-order valence-electron chi connectivity index (χ3n) is 16.7. The Kier molecular flexibility index (Phi) is 46.3. The molecule has 0 bridgehead atoms. The van der Waals surface area contributed by atoms with E-state index in [2.05, 4.69) is 92.1 Å². The molecule has 3 heterocycles. The van der Waals surface area contributed by atoms with Crippen LogP contribution in [0, 0.1) is 0 Å². The molecule has 0 aromatic heterocycles. The van der Waals surface area contributed by atoms with Crippen molar-refractivity contribution < 1.29 is 89.4 Å². The highest BCUT2D eigenvalue weighted by molar-refractivity contribution is 5.76. The van der Waals surface area contributed by atoms with Crippen molar-refractivity contribution >= 4 is 5.91 Å². The summed E-state index contributed by atoms with van der Waals surface area (Å²) >= 11 is 0. The largest absolute Gasteiger partial charge is 0.394 e. The highest BCUT2D eigenvalue weighted by Gasteiger charge is 2.53. The molecule has 0 aliphatic carbocycles. The molecule has 3 aliphatic heterocycles. The lowest BCUT2D eigenvalue weighted by molar-refractivity contribution is -0.379. The zero-order valence-corrected chi connectivity index (χ0v) is 54.1. The van der Waals surface area contributed by atoms with Gasteiger partial charge in [-0.3, -0.25) is 4.79 Å². The highest BCUT2D eigenvalue weighted by atomic mass is 16.8. The number of allylic oxidation sites excluding steroid dienone is 13. The van der Waals surface area contributed by atoms with Crippen LogP contribution in [0.2, 0.25) is 0 Å². The fourth-order valence-electron chi connectivity index (χ4n) is 11.1. The molecule has 89 heavy (non-hydrogen) atoms. The molecule has 0 aromatic rings. The molecule has 0 saturated carbocycles. The summed E-state index contributed by atoms with van der Waals surface area (Å²) in [5.41, 5.74) is 0. The van der Waals surface area contributed by atoms with E-state index in [-0.39, 0.29) is 18.9 Å². The Hall–Kier alpha value is -3.03. The van der Waals surface area contributed by atoms with Crippen LogP contribution < -0.4 is 5.32 Å². The first-order chi connectivity index (χ1) is 43.3. The van der Waals surface area contributed by atoms with Crippen LogP contribution in [-0.4, -0.2) is 193 Å². The van der Waals surface area contributed by atoms with Gasteiger partial charge in [0.15, 0.2) is 18.9 Å². The Balaban J connectivity index is 1.47. The number of unbranched alkanes of at least 4 members (excludes halogenated alkanes) is 23. The van der Waals surface area contributed by atoms with E-state index in [0.717, 1.165) is 70.6 Å². The predicted octanol–water partition coefficient (Wildman–Crippen LogP) is 8.71. The molecule has 19 nitrogen and oxygen atoms in total. The molecule has 17 unspecified atom stereocenters. The predicted molar refractivity (Wildman–Crippen MR) is 346 cm³/mol.